The second kappa shape index (κ2) is 8.06. The molecule has 0 atom stereocenters. The Morgan fingerprint density at radius 2 is 1.72 bits per heavy atom. The molecule has 2 heterocycles. The van der Waals surface area contributed by atoms with Gasteiger partial charge in [-0.3, -0.25) is 4.79 Å². The molecule has 2 aromatic heterocycles. The Kier molecular flexibility index (Phi) is 5.72. The zero-order valence-corrected chi connectivity index (χ0v) is 16.3. The van der Waals surface area contributed by atoms with Crippen LogP contribution in [0.3, 0.4) is 0 Å². The van der Waals surface area contributed by atoms with E-state index in [2.05, 4.69) is 15.3 Å². The van der Waals surface area contributed by atoms with Crippen molar-refractivity contribution in [2.45, 2.75) is 26.9 Å². The Balaban J connectivity index is 2.10. The highest BCUT2D eigenvalue weighted by Crippen LogP contribution is 2.33. The lowest BCUT2D eigenvalue weighted by Gasteiger charge is -2.21. The molecule has 0 saturated heterocycles. The number of nitrogens with one attached hydrogen (secondary N) is 1. The normalized spacial score (nSPS) is 11.5. The van der Waals surface area contributed by atoms with Crippen LogP contribution in [0.25, 0.3) is 11.0 Å². The van der Waals surface area contributed by atoms with Gasteiger partial charge in [-0.15, -0.1) is 0 Å². The lowest BCUT2D eigenvalue weighted by atomic mass is 10.1. The molecule has 8 heteroatoms. The predicted octanol–water partition coefficient (Wildman–Crippen LogP) is 5.18. The van der Waals surface area contributed by atoms with Crippen molar-refractivity contribution < 1.29 is 18.0 Å². The van der Waals surface area contributed by atoms with Crippen molar-refractivity contribution in [2.75, 3.05) is 18.4 Å². The lowest BCUT2D eigenvalue weighted by molar-refractivity contribution is -0.137. The van der Waals surface area contributed by atoms with Crippen molar-refractivity contribution in [3.8, 4) is 0 Å². The van der Waals surface area contributed by atoms with Crippen molar-refractivity contribution in [3.05, 3.63) is 59.4 Å². The number of rotatable bonds is 5. The van der Waals surface area contributed by atoms with E-state index in [1.807, 2.05) is 20.8 Å². The molecular formula is C21H21F3N4O. The first-order chi connectivity index (χ1) is 13.7. The van der Waals surface area contributed by atoms with Crippen LogP contribution in [-0.4, -0.2) is 33.9 Å². The topological polar surface area (TPSA) is 58.1 Å². The van der Waals surface area contributed by atoms with E-state index in [9.17, 15) is 18.0 Å². The fourth-order valence-corrected chi connectivity index (χ4v) is 3.04. The van der Waals surface area contributed by atoms with Crippen LogP contribution in [0, 0.1) is 6.92 Å². The molecule has 0 aliphatic carbocycles. The third-order valence-corrected chi connectivity index (χ3v) is 4.63. The summed E-state index contributed by atoms with van der Waals surface area (Å²) >= 11 is 0. The molecule has 152 valence electrons. The summed E-state index contributed by atoms with van der Waals surface area (Å²) in [5.41, 5.74) is 1.73. The largest absolute Gasteiger partial charge is 0.416 e. The number of alkyl halides is 3. The van der Waals surface area contributed by atoms with Gasteiger partial charge in [0.15, 0.2) is 5.65 Å². The zero-order chi connectivity index (χ0) is 21.2. The minimum atomic E-state index is -4.41. The second-order valence-electron chi connectivity index (χ2n) is 6.55. The Bertz CT molecular complexity index is 1030. The van der Waals surface area contributed by atoms with Gasteiger partial charge in [-0.1, -0.05) is 0 Å². The molecule has 0 unspecified atom stereocenters. The van der Waals surface area contributed by atoms with E-state index >= 15 is 0 Å². The number of aromatic nitrogens is 2. The Hall–Kier alpha value is -3.16. The first-order valence-electron chi connectivity index (χ1n) is 9.24. The number of hydrogen-bond acceptors (Lipinski definition) is 4. The number of aryl methyl sites for hydroxylation is 1. The summed E-state index contributed by atoms with van der Waals surface area (Å²) in [5, 5.41) is 3.72. The van der Waals surface area contributed by atoms with Crippen molar-refractivity contribution >= 4 is 28.3 Å². The Morgan fingerprint density at radius 1 is 1.07 bits per heavy atom. The van der Waals surface area contributed by atoms with Crippen molar-refractivity contribution in [1.82, 2.24) is 14.9 Å². The second-order valence-corrected chi connectivity index (χ2v) is 6.55. The molecular weight excluding hydrogens is 381 g/mol. The quantitative estimate of drug-likeness (QED) is 0.639. The van der Waals surface area contributed by atoms with Gasteiger partial charge in [-0.05, 0) is 57.2 Å². The maximum absolute atomic E-state index is 13.0. The molecule has 0 radical (unpaired) electrons. The monoisotopic (exact) mass is 402 g/mol. The summed E-state index contributed by atoms with van der Waals surface area (Å²) in [7, 11) is 0. The predicted molar refractivity (Wildman–Crippen MR) is 106 cm³/mol. The summed E-state index contributed by atoms with van der Waals surface area (Å²) < 4.78 is 38.5. The van der Waals surface area contributed by atoms with E-state index in [-0.39, 0.29) is 5.91 Å². The number of hydrogen-bond donors (Lipinski definition) is 1. The average molecular weight is 402 g/mol. The maximum Gasteiger partial charge on any atom is 0.416 e. The van der Waals surface area contributed by atoms with Crippen LogP contribution in [-0.2, 0) is 6.18 Å². The maximum atomic E-state index is 13.0. The minimum Gasteiger partial charge on any atom is -0.354 e. The van der Waals surface area contributed by atoms with Crippen molar-refractivity contribution in [3.63, 3.8) is 0 Å². The molecule has 29 heavy (non-hydrogen) atoms. The van der Waals surface area contributed by atoms with Crippen LogP contribution in [0.15, 0.2) is 42.6 Å². The number of halogens is 3. The third kappa shape index (κ3) is 4.31. The molecule has 0 saturated carbocycles. The molecule has 1 aromatic carbocycles. The van der Waals surface area contributed by atoms with E-state index in [4.69, 9.17) is 0 Å². The molecule has 1 amide bonds. The van der Waals surface area contributed by atoms with Crippen LogP contribution in [0.1, 0.15) is 35.5 Å². The Labute approximate surface area is 166 Å². The van der Waals surface area contributed by atoms with E-state index in [0.717, 1.165) is 17.8 Å². The molecule has 1 N–H and O–H groups in total. The number of pyridine rings is 2. The standard InChI is InChI=1S/C21H21F3N4O/c1-4-28(5-2)20(29)17-12-25-19-16(11-6-13(3)26-19)18(17)27-15-9-7-14(8-10-15)21(22,23)24/h6-12H,4-5H2,1-3H3,(H,25,26,27). The third-order valence-electron chi connectivity index (χ3n) is 4.63. The minimum absolute atomic E-state index is 0.209. The number of anilines is 2. The molecule has 0 bridgehead atoms. The fourth-order valence-electron chi connectivity index (χ4n) is 3.04. The van der Waals surface area contributed by atoms with Gasteiger partial charge in [0.1, 0.15) is 0 Å². The van der Waals surface area contributed by atoms with Gasteiger partial charge in [0, 0.05) is 36.1 Å². The van der Waals surface area contributed by atoms with Gasteiger partial charge >= 0.3 is 6.18 Å². The molecule has 0 fully saturated rings. The first kappa shape index (κ1) is 20.6. The first-order valence-corrected chi connectivity index (χ1v) is 9.24. The van der Waals surface area contributed by atoms with Crippen LogP contribution < -0.4 is 5.32 Å². The van der Waals surface area contributed by atoms with Crippen LogP contribution in [0.2, 0.25) is 0 Å². The highest BCUT2D eigenvalue weighted by Gasteiger charge is 2.30. The molecule has 5 nitrogen and oxygen atoms in total. The number of amides is 1. The molecule has 0 spiro atoms. The average Bonchev–Trinajstić information content (AvgIpc) is 2.68. The van der Waals surface area contributed by atoms with Gasteiger partial charge in [-0.2, -0.15) is 13.2 Å². The highest BCUT2D eigenvalue weighted by atomic mass is 19.4. The van der Waals surface area contributed by atoms with Gasteiger partial charge in [0.2, 0.25) is 0 Å². The van der Waals surface area contributed by atoms with Crippen LogP contribution in [0.4, 0.5) is 24.5 Å². The number of nitrogens with zero attached hydrogens (tertiary/aromatic N) is 3. The molecule has 0 aliphatic rings. The Morgan fingerprint density at radius 3 is 2.31 bits per heavy atom. The number of fused-ring (bicyclic) bond motifs is 1. The smallest absolute Gasteiger partial charge is 0.354 e. The van der Waals surface area contributed by atoms with E-state index in [0.29, 0.717) is 41.1 Å². The van der Waals surface area contributed by atoms with Gasteiger partial charge in [-0.25, -0.2) is 9.97 Å². The highest BCUT2D eigenvalue weighted by molar-refractivity contribution is 6.07. The van der Waals surface area contributed by atoms with E-state index < -0.39 is 11.7 Å². The van der Waals surface area contributed by atoms with Gasteiger partial charge < -0.3 is 10.2 Å². The fraction of sp³-hybridized carbons (Fsp3) is 0.286. The lowest BCUT2D eigenvalue weighted by Crippen LogP contribution is -2.31. The summed E-state index contributed by atoms with van der Waals surface area (Å²) in [4.78, 5) is 23.3. The summed E-state index contributed by atoms with van der Waals surface area (Å²) in [6, 6.07) is 8.27. The van der Waals surface area contributed by atoms with Crippen molar-refractivity contribution in [1.29, 1.82) is 0 Å². The summed E-state index contributed by atoms with van der Waals surface area (Å²) in [6.45, 7) is 6.64. The van der Waals surface area contributed by atoms with Crippen LogP contribution >= 0.6 is 0 Å². The van der Waals surface area contributed by atoms with E-state index in [1.165, 1.54) is 18.3 Å². The molecule has 0 aliphatic heterocycles. The number of carbonyl (C=O) groups excluding carboxylic acids is 1. The zero-order valence-electron chi connectivity index (χ0n) is 16.3. The molecule has 3 rings (SSSR count). The molecule has 3 aromatic rings. The van der Waals surface area contributed by atoms with E-state index in [1.54, 1.807) is 17.0 Å². The van der Waals surface area contributed by atoms with Gasteiger partial charge in [0.05, 0.1) is 16.8 Å². The summed E-state index contributed by atoms with van der Waals surface area (Å²) in [6.07, 6.45) is -2.95. The van der Waals surface area contributed by atoms with Gasteiger partial charge in [0.25, 0.3) is 5.91 Å². The summed E-state index contributed by atoms with van der Waals surface area (Å²) in [5.74, 6) is -0.209. The van der Waals surface area contributed by atoms with Crippen molar-refractivity contribution in [2.24, 2.45) is 0 Å². The SMILES string of the molecule is CCN(CC)C(=O)c1cnc2nc(C)ccc2c1Nc1ccc(C(F)(F)F)cc1. The van der Waals surface area contributed by atoms with Crippen LogP contribution in [0.5, 0.6) is 0 Å². The number of carbonyl (C=O) groups is 1. The number of benzene rings is 1.